The van der Waals surface area contributed by atoms with Gasteiger partial charge in [-0.25, -0.2) is 0 Å². The minimum atomic E-state index is 0.878. The third kappa shape index (κ3) is 0.877. The molecule has 0 aromatic heterocycles. The van der Waals surface area contributed by atoms with E-state index in [9.17, 15) is 0 Å². The molecule has 2 rings (SSSR count). The van der Waals surface area contributed by atoms with E-state index < -0.39 is 0 Å². The van der Waals surface area contributed by atoms with Gasteiger partial charge in [0.15, 0.2) is 0 Å². The predicted octanol–water partition coefficient (Wildman–Crippen LogP) is 1.54. The van der Waals surface area contributed by atoms with E-state index >= 15 is 0 Å². The maximum absolute atomic E-state index is 3.64. The van der Waals surface area contributed by atoms with Crippen LogP contribution in [0.25, 0.3) is 0 Å². The predicted molar refractivity (Wildman–Crippen MR) is 38.3 cm³/mol. The molecule has 1 N–H and O–H groups in total. The van der Waals surface area contributed by atoms with Crippen LogP contribution in [0, 0.1) is 5.92 Å². The smallest absolute Gasteiger partial charge is 0.00958 e. The van der Waals surface area contributed by atoms with Crippen LogP contribution in [0.2, 0.25) is 0 Å². The lowest BCUT2D eigenvalue weighted by molar-refractivity contribution is 0.311. The fourth-order valence-electron chi connectivity index (χ4n) is 2.19. The molecular formula is C8H15N. The van der Waals surface area contributed by atoms with Crippen LogP contribution in [-0.2, 0) is 0 Å². The molecule has 0 aromatic rings. The lowest BCUT2D eigenvalue weighted by Gasteiger charge is -2.26. The van der Waals surface area contributed by atoms with Crippen LogP contribution in [0.3, 0.4) is 0 Å². The summed E-state index contributed by atoms with van der Waals surface area (Å²) in [6.45, 7) is 2.37. The van der Waals surface area contributed by atoms with Gasteiger partial charge in [0, 0.05) is 12.1 Å². The molecule has 2 heterocycles. The Kier molecular flexibility index (Phi) is 1.26. The van der Waals surface area contributed by atoms with E-state index in [0.29, 0.717) is 0 Å². The molecule has 0 amide bonds. The molecule has 9 heavy (non-hydrogen) atoms. The van der Waals surface area contributed by atoms with Gasteiger partial charge in [0.05, 0.1) is 0 Å². The van der Waals surface area contributed by atoms with Crippen molar-refractivity contribution in [1.82, 2.24) is 5.32 Å². The van der Waals surface area contributed by atoms with Crippen molar-refractivity contribution < 1.29 is 0 Å². The third-order valence-electron chi connectivity index (χ3n) is 2.93. The summed E-state index contributed by atoms with van der Waals surface area (Å²) in [5.41, 5.74) is 0. The van der Waals surface area contributed by atoms with Gasteiger partial charge < -0.3 is 5.32 Å². The first-order valence-electron chi connectivity index (χ1n) is 4.12. The standard InChI is InChI=1S/C8H15N/c1-6-2-3-7-4-5-8(6)9-7/h6-9H,2-5H2,1H3/t6-,7?,8-/m1/s1. The lowest BCUT2D eigenvalue weighted by Crippen LogP contribution is -2.38. The first-order valence-corrected chi connectivity index (χ1v) is 4.12. The van der Waals surface area contributed by atoms with Crippen LogP contribution in [0.5, 0.6) is 0 Å². The monoisotopic (exact) mass is 125 g/mol. The number of piperidine rings is 1. The molecule has 0 radical (unpaired) electrons. The number of hydrogen-bond donors (Lipinski definition) is 1. The molecule has 1 heteroatoms. The summed E-state index contributed by atoms with van der Waals surface area (Å²) in [5, 5.41) is 3.64. The van der Waals surface area contributed by atoms with Crippen molar-refractivity contribution in [2.24, 2.45) is 5.92 Å². The van der Waals surface area contributed by atoms with Gasteiger partial charge in [-0.15, -0.1) is 0 Å². The van der Waals surface area contributed by atoms with Gasteiger partial charge in [-0.2, -0.15) is 0 Å². The van der Waals surface area contributed by atoms with Crippen molar-refractivity contribution >= 4 is 0 Å². The molecule has 0 spiro atoms. The minimum absolute atomic E-state index is 0.878. The van der Waals surface area contributed by atoms with Crippen LogP contribution in [0.4, 0.5) is 0 Å². The average Bonchev–Trinajstić information content (AvgIpc) is 2.25. The Morgan fingerprint density at radius 3 is 2.67 bits per heavy atom. The average molecular weight is 125 g/mol. The Labute approximate surface area is 56.8 Å². The third-order valence-corrected chi connectivity index (χ3v) is 2.93. The number of hydrogen-bond acceptors (Lipinski definition) is 1. The highest BCUT2D eigenvalue weighted by Gasteiger charge is 2.32. The highest BCUT2D eigenvalue weighted by Crippen LogP contribution is 2.30. The molecule has 2 fully saturated rings. The van der Waals surface area contributed by atoms with E-state index in [0.717, 1.165) is 18.0 Å². The topological polar surface area (TPSA) is 12.0 Å². The summed E-state index contributed by atoms with van der Waals surface area (Å²) in [5.74, 6) is 0.948. The van der Waals surface area contributed by atoms with Gasteiger partial charge in [-0.1, -0.05) is 6.92 Å². The summed E-state index contributed by atoms with van der Waals surface area (Å²) in [6.07, 6.45) is 5.76. The zero-order chi connectivity index (χ0) is 6.27. The summed E-state index contributed by atoms with van der Waals surface area (Å²) >= 11 is 0. The molecule has 3 atom stereocenters. The zero-order valence-corrected chi connectivity index (χ0v) is 6.06. The van der Waals surface area contributed by atoms with Crippen molar-refractivity contribution in [2.45, 2.75) is 44.7 Å². The fraction of sp³-hybridized carbons (Fsp3) is 1.00. The van der Waals surface area contributed by atoms with E-state index in [1.165, 1.54) is 25.7 Å². The van der Waals surface area contributed by atoms with E-state index in [-0.39, 0.29) is 0 Å². The number of rotatable bonds is 0. The van der Waals surface area contributed by atoms with Crippen molar-refractivity contribution in [3.05, 3.63) is 0 Å². The SMILES string of the molecule is C[C@@H]1CCC2CC[C@H]1N2. The molecule has 2 bridgehead atoms. The Balaban J connectivity index is 2.05. The number of fused-ring (bicyclic) bond motifs is 2. The van der Waals surface area contributed by atoms with Gasteiger partial charge in [-0.3, -0.25) is 0 Å². The molecule has 0 aliphatic carbocycles. The van der Waals surface area contributed by atoms with Gasteiger partial charge in [0.25, 0.3) is 0 Å². The maximum atomic E-state index is 3.64. The fourth-order valence-corrected chi connectivity index (χ4v) is 2.19. The molecule has 1 unspecified atom stereocenters. The summed E-state index contributed by atoms with van der Waals surface area (Å²) in [7, 11) is 0. The highest BCUT2D eigenvalue weighted by molar-refractivity contribution is 4.91. The van der Waals surface area contributed by atoms with E-state index in [2.05, 4.69) is 12.2 Å². The molecule has 0 aromatic carbocycles. The van der Waals surface area contributed by atoms with Gasteiger partial charge in [0.2, 0.25) is 0 Å². The second-order valence-electron chi connectivity index (χ2n) is 3.60. The summed E-state index contributed by atoms with van der Waals surface area (Å²) in [6, 6.07) is 1.77. The summed E-state index contributed by atoms with van der Waals surface area (Å²) < 4.78 is 0. The largest absolute Gasteiger partial charge is 0.311 e. The van der Waals surface area contributed by atoms with Gasteiger partial charge in [0.1, 0.15) is 0 Å². The van der Waals surface area contributed by atoms with Crippen molar-refractivity contribution in [1.29, 1.82) is 0 Å². The Morgan fingerprint density at radius 1 is 1.11 bits per heavy atom. The second kappa shape index (κ2) is 1.98. The molecule has 1 nitrogen and oxygen atoms in total. The molecule has 0 saturated carbocycles. The normalized spacial score (nSPS) is 49.7. The molecule has 2 saturated heterocycles. The van der Waals surface area contributed by atoms with Crippen molar-refractivity contribution in [2.75, 3.05) is 0 Å². The van der Waals surface area contributed by atoms with E-state index in [4.69, 9.17) is 0 Å². The van der Waals surface area contributed by atoms with Crippen LogP contribution >= 0.6 is 0 Å². The molecule has 52 valence electrons. The van der Waals surface area contributed by atoms with Gasteiger partial charge in [-0.05, 0) is 31.6 Å². The van der Waals surface area contributed by atoms with E-state index in [1.54, 1.807) is 0 Å². The van der Waals surface area contributed by atoms with E-state index in [1.807, 2.05) is 0 Å². The Morgan fingerprint density at radius 2 is 1.89 bits per heavy atom. The first kappa shape index (κ1) is 5.72. The zero-order valence-electron chi connectivity index (χ0n) is 6.06. The second-order valence-corrected chi connectivity index (χ2v) is 3.60. The summed E-state index contributed by atoms with van der Waals surface area (Å²) in [4.78, 5) is 0. The van der Waals surface area contributed by atoms with Crippen molar-refractivity contribution in [3.8, 4) is 0 Å². The Bertz CT molecular complexity index is 111. The highest BCUT2D eigenvalue weighted by atomic mass is 15.0. The molecular weight excluding hydrogens is 110 g/mol. The van der Waals surface area contributed by atoms with Crippen LogP contribution in [0.15, 0.2) is 0 Å². The maximum Gasteiger partial charge on any atom is 0.00958 e. The van der Waals surface area contributed by atoms with Gasteiger partial charge >= 0.3 is 0 Å². The quantitative estimate of drug-likeness (QED) is 0.518. The van der Waals surface area contributed by atoms with Crippen LogP contribution in [0.1, 0.15) is 32.6 Å². The lowest BCUT2D eigenvalue weighted by atomic mass is 9.94. The first-order chi connectivity index (χ1) is 4.36. The van der Waals surface area contributed by atoms with Crippen molar-refractivity contribution in [3.63, 3.8) is 0 Å². The van der Waals surface area contributed by atoms with Crippen LogP contribution in [-0.4, -0.2) is 12.1 Å². The Hall–Kier alpha value is -0.0400. The van der Waals surface area contributed by atoms with Crippen LogP contribution < -0.4 is 5.32 Å². The minimum Gasteiger partial charge on any atom is -0.311 e. The number of nitrogens with one attached hydrogen (secondary N) is 1. The molecule has 2 aliphatic rings. The molecule has 2 aliphatic heterocycles.